The summed E-state index contributed by atoms with van der Waals surface area (Å²) in [5.74, 6) is 1.96. The van der Waals surface area contributed by atoms with Gasteiger partial charge in [0, 0.05) is 62.4 Å². The van der Waals surface area contributed by atoms with Crippen molar-refractivity contribution in [2.45, 2.75) is 83.3 Å². The molecule has 9 nitrogen and oxygen atoms in total. The first-order chi connectivity index (χ1) is 27.3. The SMILES string of the molecule is [C-]#[N+]c1cc(C#N)cc(COc2cc(O[C@H]3CCc4c(-c5cccc(OCCCN6CCC(F)CC6)c5C)cccc43)c(Cl)cc2CNC2CCNC(=O)C2)c1. The molecule has 11 heteroatoms. The Labute approximate surface area is 333 Å². The summed E-state index contributed by atoms with van der Waals surface area (Å²) in [6.45, 7) is 13.9. The average molecular weight is 776 g/mol. The molecule has 0 spiro atoms. The highest BCUT2D eigenvalue weighted by Crippen LogP contribution is 2.44. The molecule has 2 N–H and O–H groups in total. The van der Waals surface area contributed by atoms with Crippen LogP contribution in [0.5, 0.6) is 17.2 Å². The van der Waals surface area contributed by atoms with Crippen LogP contribution >= 0.6 is 11.6 Å². The molecule has 56 heavy (non-hydrogen) atoms. The van der Waals surface area contributed by atoms with Gasteiger partial charge in [0.25, 0.3) is 0 Å². The number of halogens is 2. The lowest BCUT2D eigenvalue weighted by Gasteiger charge is -2.28. The number of piperidine rings is 2. The number of ether oxygens (including phenoxy) is 3. The molecule has 1 amide bonds. The Morgan fingerprint density at radius 1 is 1.02 bits per heavy atom. The molecule has 7 rings (SSSR count). The molecular weight excluding hydrogens is 729 g/mol. The minimum atomic E-state index is -0.661. The van der Waals surface area contributed by atoms with Crippen molar-refractivity contribution in [2.24, 2.45) is 0 Å². The number of nitrogens with zero attached hydrogens (tertiary/aromatic N) is 3. The van der Waals surface area contributed by atoms with Gasteiger partial charge in [-0.3, -0.25) is 4.79 Å². The number of hydrogen-bond acceptors (Lipinski definition) is 7. The van der Waals surface area contributed by atoms with E-state index in [0.717, 1.165) is 78.9 Å². The monoisotopic (exact) mass is 775 g/mol. The van der Waals surface area contributed by atoms with Crippen LogP contribution < -0.4 is 24.8 Å². The van der Waals surface area contributed by atoms with E-state index in [1.165, 1.54) is 5.56 Å². The zero-order chi connectivity index (χ0) is 39.0. The van der Waals surface area contributed by atoms with Gasteiger partial charge in [0.2, 0.25) is 5.91 Å². The van der Waals surface area contributed by atoms with Crippen LogP contribution in [0.1, 0.15) is 78.0 Å². The number of likely N-dealkylation sites (tertiary alicyclic amines) is 1. The predicted octanol–water partition coefficient (Wildman–Crippen LogP) is 8.95. The maximum absolute atomic E-state index is 13.5. The summed E-state index contributed by atoms with van der Waals surface area (Å²) in [6.07, 6.45) is 4.09. The molecule has 2 saturated heterocycles. The van der Waals surface area contributed by atoms with Gasteiger partial charge in [0.1, 0.15) is 36.1 Å². The van der Waals surface area contributed by atoms with E-state index in [4.69, 9.17) is 32.4 Å². The first kappa shape index (κ1) is 39.1. The second-order valence-electron chi connectivity index (χ2n) is 14.9. The first-order valence-electron chi connectivity index (χ1n) is 19.5. The summed E-state index contributed by atoms with van der Waals surface area (Å²) in [4.78, 5) is 17.9. The van der Waals surface area contributed by atoms with Crippen molar-refractivity contribution in [3.63, 3.8) is 0 Å². The van der Waals surface area contributed by atoms with Crippen LogP contribution in [0.2, 0.25) is 5.02 Å². The summed E-state index contributed by atoms with van der Waals surface area (Å²) in [7, 11) is 0. The van der Waals surface area contributed by atoms with E-state index in [0.29, 0.717) is 72.3 Å². The highest BCUT2D eigenvalue weighted by atomic mass is 35.5. The third kappa shape index (κ3) is 9.45. The topological polar surface area (TPSA) is 100 Å². The molecule has 0 saturated carbocycles. The van der Waals surface area contributed by atoms with Gasteiger partial charge in [0.05, 0.1) is 24.3 Å². The number of carbonyl (C=O) groups is 1. The van der Waals surface area contributed by atoms with Crippen molar-refractivity contribution < 1.29 is 23.4 Å². The molecule has 2 heterocycles. The number of fused-ring (bicyclic) bond motifs is 1. The van der Waals surface area contributed by atoms with Gasteiger partial charge in [-0.25, -0.2) is 9.24 Å². The van der Waals surface area contributed by atoms with Gasteiger partial charge >= 0.3 is 0 Å². The van der Waals surface area contributed by atoms with E-state index < -0.39 is 6.17 Å². The Balaban J connectivity index is 1.08. The number of carbonyl (C=O) groups excluding carboxylic acids is 1. The Kier molecular flexibility index (Phi) is 12.7. The van der Waals surface area contributed by atoms with Gasteiger partial charge in [-0.05, 0) is 109 Å². The molecule has 4 aromatic rings. The lowest BCUT2D eigenvalue weighted by molar-refractivity contribution is -0.122. The maximum atomic E-state index is 13.5. The van der Waals surface area contributed by atoms with Crippen LogP contribution in [0.15, 0.2) is 66.7 Å². The third-order valence-electron chi connectivity index (χ3n) is 11.0. The van der Waals surface area contributed by atoms with E-state index in [2.05, 4.69) is 57.6 Å². The molecule has 290 valence electrons. The van der Waals surface area contributed by atoms with Crippen LogP contribution in [-0.2, 0) is 24.4 Å². The normalized spacial score (nSPS) is 18.4. The minimum Gasteiger partial charge on any atom is -0.493 e. The Bertz CT molecular complexity index is 2110. The summed E-state index contributed by atoms with van der Waals surface area (Å²) >= 11 is 6.94. The Hall–Kier alpha value is -5.13. The molecule has 2 aliphatic heterocycles. The van der Waals surface area contributed by atoms with Gasteiger partial charge in [0.15, 0.2) is 5.69 Å². The summed E-state index contributed by atoms with van der Waals surface area (Å²) < 4.78 is 32.9. The predicted molar refractivity (Wildman–Crippen MR) is 215 cm³/mol. The zero-order valence-corrected chi connectivity index (χ0v) is 32.5. The van der Waals surface area contributed by atoms with Crippen molar-refractivity contribution in [3.05, 3.63) is 117 Å². The van der Waals surface area contributed by atoms with Gasteiger partial charge in [-0.2, -0.15) is 5.26 Å². The van der Waals surface area contributed by atoms with Crippen molar-refractivity contribution in [1.82, 2.24) is 15.5 Å². The number of amides is 1. The largest absolute Gasteiger partial charge is 0.493 e. The summed E-state index contributed by atoms with van der Waals surface area (Å²) in [6, 6.07) is 23.4. The number of alkyl halides is 1. The maximum Gasteiger partial charge on any atom is 0.221 e. The van der Waals surface area contributed by atoms with Crippen molar-refractivity contribution in [1.29, 1.82) is 5.26 Å². The fourth-order valence-corrected chi connectivity index (χ4v) is 8.23. The Morgan fingerprint density at radius 3 is 2.64 bits per heavy atom. The van der Waals surface area contributed by atoms with E-state index in [-0.39, 0.29) is 24.7 Å². The molecular formula is C45H47ClFN5O4. The quantitative estimate of drug-likeness (QED) is 0.0975. The first-order valence-corrected chi connectivity index (χ1v) is 19.9. The fourth-order valence-electron chi connectivity index (χ4n) is 8.00. The van der Waals surface area contributed by atoms with E-state index in [1.54, 1.807) is 18.2 Å². The molecule has 4 aromatic carbocycles. The van der Waals surface area contributed by atoms with Crippen molar-refractivity contribution in [2.75, 3.05) is 32.8 Å². The number of rotatable bonds is 14. The van der Waals surface area contributed by atoms with Crippen LogP contribution in [0.25, 0.3) is 16.0 Å². The standard InChI is InChI=1S/C45H47ClFN5O4/c1-29-36(6-4-9-41(29)54-19-5-16-52-17-13-33(47)14-18-52)37-7-3-8-39-38(37)10-11-42(39)56-44-25-43(55-28-31-20-30(26-48)21-35(22-31)49-2)32(23-40(44)46)27-51-34-12-15-50-45(53)24-34/h3-4,6-9,20-23,25,33-34,42,51H,5,10-19,24,27-28H2,1H3,(H,50,53)/t34?,42-/m0/s1. The van der Waals surface area contributed by atoms with Gasteiger partial charge in [-0.1, -0.05) is 41.9 Å². The van der Waals surface area contributed by atoms with Crippen LogP contribution in [-0.4, -0.2) is 55.8 Å². The molecule has 2 atom stereocenters. The molecule has 0 bridgehead atoms. The van der Waals surface area contributed by atoms with E-state index in [1.807, 2.05) is 24.3 Å². The molecule has 2 fully saturated rings. The Morgan fingerprint density at radius 2 is 1.84 bits per heavy atom. The number of hydrogen-bond donors (Lipinski definition) is 2. The number of benzene rings is 4. The average Bonchev–Trinajstić information content (AvgIpc) is 3.63. The smallest absolute Gasteiger partial charge is 0.221 e. The third-order valence-corrected chi connectivity index (χ3v) is 11.3. The molecule has 3 aliphatic rings. The second-order valence-corrected chi connectivity index (χ2v) is 15.3. The van der Waals surface area contributed by atoms with Crippen molar-refractivity contribution in [3.8, 4) is 34.4 Å². The summed E-state index contributed by atoms with van der Waals surface area (Å²) in [5.41, 5.74) is 8.02. The minimum absolute atomic E-state index is 0.0231. The van der Waals surface area contributed by atoms with Crippen molar-refractivity contribution >= 4 is 23.2 Å². The lowest BCUT2D eigenvalue weighted by atomic mass is 9.93. The molecule has 0 radical (unpaired) electrons. The highest BCUT2D eigenvalue weighted by Gasteiger charge is 2.29. The van der Waals surface area contributed by atoms with Crippen LogP contribution in [0.4, 0.5) is 10.1 Å². The molecule has 1 unspecified atom stereocenters. The fraction of sp³-hybridized carbons (Fsp3) is 0.400. The van der Waals surface area contributed by atoms with Crippen LogP contribution in [0.3, 0.4) is 0 Å². The zero-order valence-electron chi connectivity index (χ0n) is 31.7. The number of nitriles is 1. The van der Waals surface area contributed by atoms with Crippen LogP contribution in [0, 0.1) is 24.8 Å². The number of nitrogens with one attached hydrogen (secondary N) is 2. The lowest BCUT2D eigenvalue weighted by Crippen LogP contribution is -2.43. The molecule has 0 aromatic heterocycles. The summed E-state index contributed by atoms with van der Waals surface area (Å²) in [5, 5.41) is 16.3. The van der Waals surface area contributed by atoms with Gasteiger partial charge in [-0.15, -0.1) is 0 Å². The molecule has 1 aliphatic carbocycles. The van der Waals surface area contributed by atoms with Gasteiger partial charge < -0.3 is 29.7 Å². The second kappa shape index (κ2) is 18.2. The van der Waals surface area contributed by atoms with E-state index in [9.17, 15) is 14.4 Å². The highest BCUT2D eigenvalue weighted by molar-refractivity contribution is 6.32. The van der Waals surface area contributed by atoms with E-state index >= 15 is 0 Å².